The molecule has 100 valence electrons. The number of carbonyl (C=O) groups excluding carboxylic acids is 1. The van der Waals surface area contributed by atoms with Crippen molar-refractivity contribution in [3.8, 4) is 0 Å². The van der Waals surface area contributed by atoms with Crippen LogP contribution >= 0.6 is 0 Å². The number of H-pyrrole nitrogens is 1. The molecule has 4 heteroatoms. The summed E-state index contributed by atoms with van der Waals surface area (Å²) in [5.74, 6) is -0.561. The van der Waals surface area contributed by atoms with Gasteiger partial charge in [0.15, 0.2) is 0 Å². The van der Waals surface area contributed by atoms with Gasteiger partial charge in [0.05, 0.1) is 0 Å². The predicted octanol–water partition coefficient (Wildman–Crippen LogP) is 3.24. The van der Waals surface area contributed by atoms with Crippen molar-refractivity contribution >= 4 is 16.8 Å². The van der Waals surface area contributed by atoms with E-state index in [1.807, 2.05) is 24.3 Å². The summed E-state index contributed by atoms with van der Waals surface area (Å²) < 4.78 is 13.5. The van der Waals surface area contributed by atoms with Crippen LogP contribution in [0.15, 0.2) is 54.6 Å². The molecule has 1 heterocycles. The second kappa shape index (κ2) is 5.17. The lowest BCUT2D eigenvalue weighted by atomic mass is 10.2. The van der Waals surface area contributed by atoms with Crippen LogP contribution in [0.5, 0.6) is 0 Å². The van der Waals surface area contributed by atoms with Crippen molar-refractivity contribution in [1.29, 1.82) is 0 Å². The van der Waals surface area contributed by atoms with Gasteiger partial charge in [-0.15, -0.1) is 0 Å². The molecule has 0 spiro atoms. The number of aromatic amines is 1. The van der Waals surface area contributed by atoms with E-state index >= 15 is 0 Å². The molecule has 0 saturated heterocycles. The lowest BCUT2D eigenvalue weighted by Gasteiger charge is -2.04. The van der Waals surface area contributed by atoms with E-state index in [0.717, 1.165) is 10.9 Å². The Kier molecular flexibility index (Phi) is 3.21. The van der Waals surface area contributed by atoms with Crippen LogP contribution in [0.4, 0.5) is 4.39 Å². The van der Waals surface area contributed by atoms with Crippen molar-refractivity contribution < 1.29 is 9.18 Å². The number of para-hydroxylation sites is 1. The highest BCUT2D eigenvalue weighted by Gasteiger charge is 2.09. The molecule has 20 heavy (non-hydrogen) atoms. The Hall–Kier alpha value is -2.62. The third-order valence-electron chi connectivity index (χ3n) is 3.17. The largest absolute Gasteiger partial charge is 0.351 e. The fourth-order valence-corrected chi connectivity index (χ4v) is 2.11. The molecule has 0 aliphatic rings. The molecule has 0 radical (unpaired) electrons. The van der Waals surface area contributed by atoms with Crippen molar-refractivity contribution in [2.45, 2.75) is 6.54 Å². The number of hydrogen-bond acceptors (Lipinski definition) is 1. The van der Waals surface area contributed by atoms with E-state index in [1.165, 1.54) is 6.07 Å². The van der Waals surface area contributed by atoms with Crippen LogP contribution in [-0.4, -0.2) is 10.9 Å². The van der Waals surface area contributed by atoms with Crippen LogP contribution in [0.3, 0.4) is 0 Å². The maximum atomic E-state index is 13.5. The summed E-state index contributed by atoms with van der Waals surface area (Å²) >= 11 is 0. The lowest BCUT2D eigenvalue weighted by Crippen LogP contribution is -2.23. The van der Waals surface area contributed by atoms with Gasteiger partial charge in [-0.05, 0) is 18.2 Å². The number of benzene rings is 2. The summed E-state index contributed by atoms with van der Waals surface area (Å²) in [6, 6.07) is 15.8. The van der Waals surface area contributed by atoms with E-state index in [1.54, 1.807) is 24.3 Å². The molecule has 1 aromatic heterocycles. The number of rotatable bonds is 3. The van der Waals surface area contributed by atoms with Gasteiger partial charge in [0.1, 0.15) is 11.5 Å². The van der Waals surface area contributed by atoms with E-state index in [0.29, 0.717) is 11.3 Å². The Balaban J connectivity index is 1.75. The highest BCUT2D eigenvalue weighted by atomic mass is 19.1. The molecule has 0 saturated carbocycles. The van der Waals surface area contributed by atoms with Crippen LogP contribution in [0.25, 0.3) is 10.9 Å². The van der Waals surface area contributed by atoms with Crippen molar-refractivity contribution in [2.75, 3.05) is 0 Å². The first-order valence-electron chi connectivity index (χ1n) is 6.33. The van der Waals surface area contributed by atoms with Crippen LogP contribution in [0.2, 0.25) is 0 Å². The highest BCUT2D eigenvalue weighted by Crippen LogP contribution is 2.14. The van der Waals surface area contributed by atoms with E-state index in [2.05, 4.69) is 10.3 Å². The van der Waals surface area contributed by atoms with Crippen molar-refractivity contribution in [2.24, 2.45) is 0 Å². The van der Waals surface area contributed by atoms with E-state index < -0.39 is 0 Å². The van der Waals surface area contributed by atoms with Gasteiger partial charge in [0.2, 0.25) is 0 Å². The first kappa shape index (κ1) is 12.4. The Morgan fingerprint density at radius 3 is 2.65 bits per heavy atom. The molecule has 0 unspecified atom stereocenters. The van der Waals surface area contributed by atoms with Gasteiger partial charge < -0.3 is 10.3 Å². The second-order valence-electron chi connectivity index (χ2n) is 4.54. The molecule has 2 aromatic carbocycles. The zero-order valence-electron chi connectivity index (χ0n) is 10.7. The summed E-state index contributed by atoms with van der Waals surface area (Å²) in [5.41, 5.74) is 1.85. The Bertz CT molecular complexity index is 731. The quantitative estimate of drug-likeness (QED) is 0.752. The molecular weight excluding hydrogens is 255 g/mol. The van der Waals surface area contributed by atoms with E-state index in [4.69, 9.17) is 0 Å². The monoisotopic (exact) mass is 268 g/mol. The molecule has 3 rings (SSSR count). The molecule has 3 aromatic rings. The smallest absolute Gasteiger partial charge is 0.267 e. The zero-order chi connectivity index (χ0) is 13.9. The fourth-order valence-electron chi connectivity index (χ4n) is 2.11. The number of carbonyl (C=O) groups is 1. The SMILES string of the molecule is O=C(NCc1ccccc1F)c1cc2ccccc2[nH]1. The predicted molar refractivity (Wildman–Crippen MR) is 75.9 cm³/mol. The van der Waals surface area contributed by atoms with Crippen molar-refractivity contribution in [3.63, 3.8) is 0 Å². The summed E-state index contributed by atoms with van der Waals surface area (Å²) in [7, 11) is 0. The van der Waals surface area contributed by atoms with Gasteiger partial charge in [0, 0.05) is 23.0 Å². The third-order valence-corrected chi connectivity index (χ3v) is 3.17. The van der Waals surface area contributed by atoms with Gasteiger partial charge in [0.25, 0.3) is 5.91 Å². The topological polar surface area (TPSA) is 44.9 Å². The van der Waals surface area contributed by atoms with Crippen LogP contribution in [0, 0.1) is 5.82 Å². The number of amides is 1. The fraction of sp³-hybridized carbons (Fsp3) is 0.0625. The summed E-state index contributed by atoms with van der Waals surface area (Å²) in [4.78, 5) is 15.1. The summed E-state index contributed by atoms with van der Waals surface area (Å²) in [6.45, 7) is 0.168. The molecule has 0 fully saturated rings. The van der Waals surface area contributed by atoms with Crippen LogP contribution < -0.4 is 5.32 Å². The molecule has 1 amide bonds. The molecule has 0 bridgehead atoms. The molecule has 0 aliphatic heterocycles. The maximum absolute atomic E-state index is 13.5. The Morgan fingerprint density at radius 1 is 1.10 bits per heavy atom. The van der Waals surface area contributed by atoms with Gasteiger partial charge in [-0.25, -0.2) is 4.39 Å². The van der Waals surface area contributed by atoms with Crippen molar-refractivity contribution in [3.05, 3.63) is 71.7 Å². The summed E-state index contributed by atoms with van der Waals surface area (Å²) in [6.07, 6.45) is 0. The normalized spacial score (nSPS) is 10.7. The number of nitrogens with one attached hydrogen (secondary N) is 2. The first-order valence-corrected chi connectivity index (χ1v) is 6.33. The molecule has 0 aliphatic carbocycles. The van der Waals surface area contributed by atoms with Crippen molar-refractivity contribution in [1.82, 2.24) is 10.3 Å². The molecule has 0 atom stereocenters. The number of fused-ring (bicyclic) bond motifs is 1. The Labute approximate surface area is 115 Å². The molecule has 2 N–H and O–H groups in total. The average molecular weight is 268 g/mol. The molecule has 3 nitrogen and oxygen atoms in total. The number of halogens is 1. The number of hydrogen-bond donors (Lipinski definition) is 2. The van der Waals surface area contributed by atoms with Gasteiger partial charge >= 0.3 is 0 Å². The van der Waals surface area contributed by atoms with E-state index in [9.17, 15) is 9.18 Å². The maximum Gasteiger partial charge on any atom is 0.267 e. The first-order chi connectivity index (χ1) is 9.74. The Morgan fingerprint density at radius 2 is 1.85 bits per heavy atom. The number of aromatic nitrogens is 1. The second-order valence-corrected chi connectivity index (χ2v) is 4.54. The average Bonchev–Trinajstić information content (AvgIpc) is 2.90. The molecular formula is C16H13FN2O. The van der Waals surface area contributed by atoms with Gasteiger partial charge in [-0.1, -0.05) is 36.4 Å². The zero-order valence-corrected chi connectivity index (χ0v) is 10.7. The minimum atomic E-state index is -0.315. The lowest BCUT2D eigenvalue weighted by molar-refractivity contribution is 0.0946. The van der Waals surface area contributed by atoms with Gasteiger partial charge in [-0.2, -0.15) is 0 Å². The van der Waals surface area contributed by atoms with Crippen LogP contribution in [-0.2, 0) is 6.54 Å². The van der Waals surface area contributed by atoms with E-state index in [-0.39, 0.29) is 18.3 Å². The highest BCUT2D eigenvalue weighted by molar-refractivity contribution is 5.97. The standard InChI is InChI=1S/C16H13FN2O/c17-13-7-3-1-6-12(13)10-18-16(20)15-9-11-5-2-4-8-14(11)19-15/h1-9,19H,10H2,(H,18,20). The third kappa shape index (κ3) is 2.40. The van der Waals surface area contributed by atoms with Gasteiger partial charge in [-0.3, -0.25) is 4.79 Å². The van der Waals surface area contributed by atoms with Crippen LogP contribution in [0.1, 0.15) is 16.1 Å². The summed E-state index contributed by atoms with van der Waals surface area (Å²) in [5, 5.41) is 3.68. The minimum absolute atomic E-state index is 0.168. The minimum Gasteiger partial charge on any atom is -0.351 e.